The third-order valence-electron chi connectivity index (χ3n) is 4.50. The number of nitrogens with one attached hydrogen (secondary N) is 1. The molecule has 0 aliphatic heterocycles. The smallest absolute Gasteiger partial charge is 0.211 e. The number of unbranched alkanes of at least 4 members (excludes halogenated alkanes) is 6. The molecule has 2 rings (SSSR count). The summed E-state index contributed by atoms with van der Waals surface area (Å²) in [5, 5.41) is 0.205. The van der Waals surface area contributed by atoms with Gasteiger partial charge >= 0.3 is 0 Å². The van der Waals surface area contributed by atoms with E-state index in [0.29, 0.717) is 17.1 Å². The molecule has 5 heteroatoms. The maximum absolute atomic E-state index is 12.4. The number of aromatic amines is 1. The van der Waals surface area contributed by atoms with Crippen molar-refractivity contribution >= 4 is 11.6 Å². The molecule has 0 spiro atoms. The van der Waals surface area contributed by atoms with Crippen LogP contribution in [-0.4, -0.2) is 15.0 Å². The van der Waals surface area contributed by atoms with Crippen LogP contribution in [0.5, 0.6) is 0 Å². The fraction of sp³-hybridized carbons (Fsp3) is 0.550. The lowest BCUT2D eigenvalue weighted by Crippen LogP contribution is -2.13. The molecule has 0 atom stereocenters. The van der Waals surface area contributed by atoms with Crippen LogP contribution in [0.4, 0.5) is 0 Å². The molecule has 0 saturated carbocycles. The fourth-order valence-electron chi connectivity index (χ4n) is 3.02. The Kier molecular flexibility index (Phi) is 7.63. The summed E-state index contributed by atoms with van der Waals surface area (Å²) in [7, 11) is 0. The molecule has 136 valence electrons. The van der Waals surface area contributed by atoms with Gasteiger partial charge in [-0.05, 0) is 32.3 Å². The first-order valence-electron chi connectivity index (χ1n) is 9.24. The van der Waals surface area contributed by atoms with Crippen molar-refractivity contribution in [2.45, 2.75) is 72.1 Å². The zero-order chi connectivity index (χ0) is 18.2. The standard InChI is InChI=1S/C20H28ClN3O/c1-4-5-6-7-8-9-10-11-16-12-22-20(23-13-16)17-14(2)24-15(3)18(21)19(17)25/h12-13H,4-11H2,1-3H3,(H,24,25). The van der Waals surface area contributed by atoms with Crippen molar-refractivity contribution in [1.82, 2.24) is 15.0 Å². The van der Waals surface area contributed by atoms with E-state index in [9.17, 15) is 4.79 Å². The van der Waals surface area contributed by atoms with Gasteiger partial charge in [0.15, 0.2) is 5.82 Å². The van der Waals surface area contributed by atoms with Gasteiger partial charge in [-0.1, -0.05) is 57.0 Å². The Labute approximate surface area is 155 Å². The minimum Gasteiger partial charge on any atom is -0.361 e. The second-order valence-electron chi connectivity index (χ2n) is 6.68. The summed E-state index contributed by atoms with van der Waals surface area (Å²) in [5.41, 5.74) is 2.77. The molecule has 0 aliphatic rings. The van der Waals surface area contributed by atoms with Crippen LogP contribution in [0.1, 0.15) is 68.8 Å². The molecule has 2 aromatic rings. The number of aryl methyl sites for hydroxylation is 3. The van der Waals surface area contributed by atoms with E-state index in [-0.39, 0.29) is 10.5 Å². The third-order valence-corrected chi connectivity index (χ3v) is 4.96. The molecule has 25 heavy (non-hydrogen) atoms. The van der Waals surface area contributed by atoms with Crippen LogP contribution in [0, 0.1) is 13.8 Å². The molecule has 0 unspecified atom stereocenters. The number of pyridine rings is 1. The van der Waals surface area contributed by atoms with Gasteiger partial charge in [-0.25, -0.2) is 9.97 Å². The van der Waals surface area contributed by atoms with E-state index in [1.807, 2.05) is 19.3 Å². The number of nitrogens with zero attached hydrogens (tertiary/aromatic N) is 2. The predicted octanol–water partition coefficient (Wildman–Crippen LogP) is 5.40. The molecule has 0 saturated heterocycles. The lowest BCUT2D eigenvalue weighted by Gasteiger charge is -2.08. The van der Waals surface area contributed by atoms with Gasteiger partial charge in [-0.3, -0.25) is 4.79 Å². The number of H-pyrrole nitrogens is 1. The maximum atomic E-state index is 12.4. The Morgan fingerprint density at radius 2 is 1.56 bits per heavy atom. The number of aromatic nitrogens is 3. The van der Waals surface area contributed by atoms with E-state index in [4.69, 9.17) is 11.6 Å². The second-order valence-corrected chi connectivity index (χ2v) is 7.06. The number of rotatable bonds is 9. The molecule has 1 N–H and O–H groups in total. The first-order chi connectivity index (χ1) is 12.0. The van der Waals surface area contributed by atoms with Crippen LogP contribution in [0.2, 0.25) is 5.02 Å². The van der Waals surface area contributed by atoms with Crippen LogP contribution in [0.25, 0.3) is 11.4 Å². The number of hydrogen-bond donors (Lipinski definition) is 1. The van der Waals surface area contributed by atoms with Crippen molar-refractivity contribution in [1.29, 1.82) is 0 Å². The highest BCUT2D eigenvalue weighted by Gasteiger charge is 2.15. The fourth-order valence-corrected chi connectivity index (χ4v) is 3.16. The van der Waals surface area contributed by atoms with Crippen molar-refractivity contribution in [2.75, 3.05) is 0 Å². The summed E-state index contributed by atoms with van der Waals surface area (Å²) in [4.78, 5) is 24.3. The minimum atomic E-state index is -0.213. The van der Waals surface area contributed by atoms with Gasteiger partial charge in [0.05, 0.1) is 5.56 Å². The monoisotopic (exact) mass is 361 g/mol. The Morgan fingerprint density at radius 3 is 2.20 bits per heavy atom. The topological polar surface area (TPSA) is 58.6 Å². The summed E-state index contributed by atoms with van der Waals surface area (Å²) in [6.45, 7) is 5.87. The van der Waals surface area contributed by atoms with Crippen LogP contribution in [0.15, 0.2) is 17.2 Å². The molecule has 0 bridgehead atoms. The number of hydrogen-bond acceptors (Lipinski definition) is 3. The Bertz CT molecular complexity index is 738. The SMILES string of the molecule is CCCCCCCCCc1cnc(-c2c(C)[nH]c(C)c(Cl)c2=O)nc1. The van der Waals surface area contributed by atoms with Crippen LogP contribution < -0.4 is 5.43 Å². The first-order valence-corrected chi connectivity index (χ1v) is 9.62. The Balaban J connectivity index is 1.95. The molecule has 2 aromatic heterocycles. The lowest BCUT2D eigenvalue weighted by molar-refractivity contribution is 0.589. The van der Waals surface area contributed by atoms with E-state index in [0.717, 1.165) is 24.1 Å². The first kappa shape index (κ1) is 19.6. The Morgan fingerprint density at radius 1 is 0.960 bits per heavy atom. The van der Waals surface area contributed by atoms with Gasteiger partial charge in [0.25, 0.3) is 0 Å². The van der Waals surface area contributed by atoms with Gasteiger partial charge in [0.2, 0.25) is 5.43 Å². The van der Waals surface area contributed by atoms with Gasteiger partial charge in [-0.15, -0.1) is 0 Å². The third kappa shape index (κ3) is 5.40. The molecule has 2 heterocycles. The predicted molar refractivity (Wildman–Crippen MR) is 104 cm³/mol. The summed E-state index contributed by atoms with van der Waals surface area (Å²) >= 11 is 6.07. The van der Waals surface area contributed by atoms with Gasteiger partial charge in [-0.2, -0.15) is 0 Å². The van der Waals surface area contributed by atoms with Crippen LogP contribution in [0.3, 0.4) is 0 Å². The van der Waals surface area contributed by atoms with E-state index >= 15 is 0 Å². The summed E-state index contributed by atoms with van der Waals surface area (Å²) in [6, 6.07) is 0. The zero-order valence-electron chi connectivity index (χ0n) is 15.5. The largest absolute Gasteiger partial charge is 0.361 e. The Hall–Kier alpha value is -1.68. The van der Waals surface area contributed by atoms with Crippen molar-refractivity contribution in [3.05, 3.63) is 44.6 Å². The molecule has 4 nitrogen and oxygen atoms in total. The van der Waals surface area contributed by atoms with Gasteiger partial charge in [0.1, 0.15) is 5.02 Å². The highest BCUT2D eigenvalue weighted by molar-refractivity contribution is 6.31. The van der Waals surface area contributed by atoms with Gasteiger partial charge in [0, 0.05) is 23.8 Å². The number of halogens is 1. The molecule has 0 aliphatic carbocycles. The summed E-state index contributed by atoms with van der Waals surface area (Å²) in [5.74, 6) is 0.434. The van der Waals surface area contributed by atoms with Crippen molar-refractivity contribution in [3.63, 3.8) is 0 Å². The highest BCUT2D eigenvalue weighted by Crippen LogP contribution is 2.19. The van der Waals surface area contributed by atoms with E-state index in [1.165, 1.54) is 38.5 Å². The highest BCUT2D eigenvalue weighted by atomic mass is 35.5. The zero-order valence-corrected chi connectivity index (χ0v) is 16.2. The van der Waals surface area contributed by atoms with Crippen molar-refractivity contribution < 1.29 is 0 Å². The quantitative estimate of drug-likeness (QED) is 0.608. The van der Waals surface area contributed by atoms with E-state index in [2.05, 4.69) is 21.9 Å². The average Bonchev–Trinajstić information content (AvgIpc) is 2.60. The van der Waals surface area contributed by atoms with E-state index < -0.39 is 0 Å². The maximum Gasteiger partial charge on any atom is 0.211 e. The average molecular weight is 362 g/mol. The molecule has 0 radical (unpaired) electrons. The molecular weight excluding hydrogens is 334 g/mol. The summed E-state index contributed by atoms with van der Waals surface area (Å²) in [6.07, 6.45) is 13.7. The molecule has 0 fully saturated rings. The molecule has 0 aromatic carbocycles. The van der Waals surface area contributed by atoms with Crippen molar-refractivity contribution in [2.24, 2.45) is 0 Å². The van der Waals surface area contributed by atoms with Crippen LogP contribution in [-0.2, 0) is 6.42 Å². The summed E-state index contributed by atoms with van der Waals surface area (Å²) < 4.78 is 0. The van der Waals surface area contributed by atoms with Gasteiger partial charge < -0.3 is 4.98 Å². The second kappa shape index (κ2) is 9.71. The molecule has 0 amide bonds. The normalized spacial score (nSPS) is 11.0. The van der Waals surface area contributed by atoms with Crippen molar-refractivity contribution in [3.8, 4) is 11.4 Å². The minimum absolute atomic E-state index is 0.205. The van der Waals surface area contributed by atoms with E-state index in [1.54, 1.807) is 6.92 Å². The van der Waals surface area contributed by atoms with Crippen LogP contribution >= 0.6 is 11.6 Å². The molecular formula is C20H28ClN3O. The lowest BCUT2D eigenvalue weighted by atomic mass is 10.1.